The molecule has 1 aromatic heterocycles. The molecule has 1 amide bonds. The van der Waals surface area contributed by atoms with Crippen molar-refractivity contribution in [2.24, 2.45) is 0 Å². The van der Waals surface area contributed by atoms with E-state index < -0.39 is 0 Å². The molecule has 5 heteroatoms. The Kier molecular flexibility index (Phi) is 4.91. The molecule has 3 rings (SSSR count). The molecule has 0 fully saturated rings. The lowest BCUT2D eigenvalue weighted by molar-refractivity contribution is -0.132. The van der Waals surface area contributed by atoms with E-state index in [2.05, 4.69) is 4.98 Å². The number of imidazole rings is 1. The van der Waals surface area contributed by atoms with Crippen LogP contribution in [0.1, 0.15) is 5.56 Å². The van der Waals surface area contributed by atoms with E-state index >= 15 is 0 Å². The molecule has 1 heterocycles. The molecule has 3 aromatic rings. The highest BCUT2D eigenvalue weighted by atomic mass is 16.5. The van der Waals surface area contributed by atoms with Crippen LogP contribution in [0.2, 0.25) is 0 Å². The van der Waals surface area contributed by atoms with Crippen molar-refractivity contribution < 1.29 is 9.53 Å². The van der Waals surface area contributed by atoms with E-state index in [1.165, 1.54) is 0 Å². The smallest absolute Gasteiger partial charge is 0.260 e. The van der Waals surface area contributed by atoms with Gasteiger partial charge in [0, 0.05) is 31.7 Å². The number of rotatable bonds is 6. The number of hydrogen-bond acceptors (Lipinski definition) is 3. The molecule has 24 heavy (non-hydrogen) atoms. The van der Waals surface area contributed by atoms with Crippen molar-refractivity contribution in [3.63, 3.8) is 0 Å². The van der Waals surface area contributed by atoms with Gasteiger partial charge >= 0.3 is 0 Å². The number of carbonyl (C=O) groups is 1. The van der Waals surface area contributed by atoms with E-state index in [1.54, 1.807) is 24.5 Å². The Labute approximate surface area is 141 Å². The van der Waals surface area contributed by atoms with Crippen molar-refractivity contribution in [2.45, 2.75) is 6.54 Å². The Morgan fingerprint density at radius 2 is 1.88 bits per heavy atom. The summed E-state index contributed by atoms with van der Waals surface area (Å²) in [5, 5.41) is 0. The molecule has 0 aliphatic carbocycles. The largest absolute Gasteiger partial charge is 0.484 e. The standard InChI is InChI=1S/C19H19N3O2/c1-21(13-16-5-3-2-4-6-16)19(23)14-24-18-9-7-17(8-10-18)22-12-11-20-15-22/h2-12,15H,13-14H2,1H3. The minimum Gasteiger partial charge on any atom is -0.484 e. The summed E-state index contributed by atoms with van der Waals surface area (Å²) >= 11 is 0. The van der Waals surface area contributed by atoms with Crippen molar-refractivity contribution in [3.05, 3.63) is 78.9 Å². The molecular weight excluding hydrogens is 302 g/mol. The van der Waals surface area contributed by atoms with Crippen LogP contribution in [0.15, 0.2) is 73.3 Å². The quantitative estimate of drug-likeness (QED) is 0.701. The number of aromatic nitrogens is 2. The van der Waals surface area contributed by atoms with Gasteiger partial charge in [0.2, 0.25) is 0 Å². The SMILES string of the molecule is CN(Cc1ccccc1)C(=O)COc1ccc(-n2ccnc2)cc1. The van der Waals surface area contributed by atoms with E-state index in [1.807, 2.05) is 65.4 Å². The van der Waals surface area contributed by atoms with E-state index in [9.17, 15) is 4.79 Å². The Balaban J connectivity index is 1.52. The molecule has 0 unspecified atom stereocenters. The third-order valence-electron chi connectivity index (χ3n) is 3.69. The Morgan fingerprint density at radius 1 is 1.12 bits per heavy atom. The first-order valence-electron chi connectivity index (χ1n) is 7.71. The van der Waals surface area contributed by atoms with Gasteiger partial charge in [-0.05, 0) is 29.8 Å². The van der Waals surface area contributed by atoms with Gasteiger partial charge in [-0.2, -0.15) is 0 Å². The summed E-state index contributed by atoms with van der Waals surface area (Å²) < 4.78 is 7.49. The zero-order valence-electron chi connectivity index (χ0n) is 13.5. The zero-order chi connectivity index (χ0) is 16.8. The van der Waals surface area contributed by atoms with Crippen LogP contribution in [0.4, 0.5) is 0 Å². The minimum absolute atomic E-state index is 0.0216. The first-order chi connectivity index (χ1) is 11.7. The van der Waals surface area contributed by atoms with Gasteiger partial charge in [-0.15, -0.1) is 0 Å². The number of likely N-dealkylation sites (N-methyl/N-ethyl adjacent to an activating group) is 1. The summed E-state index contributed by atoms with van der Waals surface area (Å²) in [5.74, 6) is 0.609. The van der Waals surface area contributed by atoms with Crippen LogP contribution in [0.25, 0.3) is 5.69 Å². The number of ether oxygens (including phenoxy) is 1. The maximum atomic E-state index is 12.2. The Hall–Kier alpha value is -3.08. The molecule has 0 bridgehead atoms. The lowest BCUT2D eigenvalue weighted by atomic mass is 10.2. The first kappa shape index (κ1) is 15.8. The highest BCUT2D eigenvalue weighted by molar-refractivity contribution is 5.77. The lowest BCUT2D eigenvalue weighted by Gasteiger charge is -2.17. The second-order valence-electron chi connectivity index (χ2n) is 5.49. The predicted molar refractivity (Wildman–Crippen MR) is 92.0 cm³/mol. The van der Waals surface area contributed by atoms with Crippen LogP contribution in [0.3, 0.4) is 0 Å². The normalized spacial score (nSPS) is 10.4. The van der Waals surface area contributed by atoms with E-state index in [0.717, 1.165) is 11.3 Å². The fraction of sp³-hybridized carbons (Fsp3) is 0.158. The average molecular weight is 321 g/mol. The summed E-state index contributed by atoms with van der Waals surface area (Å²) in [6.45, 7) is 0.594. The molecule has 0 atom stereocenters. The monoisotopic (exact) mass is 321 g/mol. The highest BCUT2D eigenvalue weighted by Gasteiger charge is 2.10. The van der Waals surface area contributed by atoms with Crippen LogP contribution in [-0.4, -0.2) is 34.0 Å². The van der Waals surface area contributed by atoms with Gasteiger partial charge in [-0.3, -0.25) is 4.79 Å². The topological polar surface area (TPSA) is 47.4 Å². The summed E-state index contributed by atoms with van der Waals surface area (Å²) in [5.41, 5.74) is 2.09. The van der Waals surface area contributed by atoms with Crippen LogP contribution in [0, 0.1) is 0 Å². The molecule has 0 radical (unpaired) electrons. The Bertz CT molecular complexity index is 768. The zero-order valence-corrected chi connectivity index (χ0v) is 13.5. The maximum absolute atomic E-state index is 12.2. The molecule has 0 saturated carbocycles. The van der Waals surface area contributed by atoms with Gasteiger partial charge < -0.3 is 14.2 Å². The number of carbonyl (C=O) groups excluding carboxylic acids is 1. The summed E-state index contributed by atoms with van der Waals surface area (Å²) in [4.78, 5) is 17.8. The molecule has 0 spiro atoms. The fourth-order valence-electron chi connectivity index (χ4n) is 2.33. The van der Waals surface area contributed by atoms with Gasteiger partial charge in [-0.1, -0.05) is 30.3 Å². The van der Waals surface area contributed by atoms with Gasteiger partial charge in [0.15, 0.2) is 6.61 Å². The first-order valence-corrected chi connectivity index (χ1v) is 7.71. The molecular formula is C19H19N3O2. The number of hydrogen-bond donors (Lipinski definition) is 0. The third-order valence-corrected chi connectivity index (χ3v) is 3.69. The van der Waals surface area contributed by atoms with E-state index in [0.29, 0.717) is 12.3 Å². The number of nitrogens with zero attached hydrogens (tertiary/aromatic N) is 3. The third kappa shape index (κ3) is 4.01. The maximum Gasteiger partial charge on any atom is 0.260 e. The van der Waals surface area contributed by atoms with Gasteiger partial charge in [0.05, 0.1) is 6.33 Å². The van der Waals surface area contributed by atoms with Crippen molar-refractivity contribution in [1.29, 1.82) is 0 Å². The Morgan fingerprint density at radius 3 is 2.54 bits per heavy atom. The van der Waals surface area contributed by atoms with Crippen molar-refractivity contribution >= 4 is 5.91 Å². The molecule has 0 saturated heterocycles. The molecule has 0 N–H and O–H groups in total. The summed E-state index contributed by atoms with van der Waals surface area (Å²) in [7, 11) is 1.78. The second kappa shape index (κ2) is 7.46. The van der Waals surface area contributed by atoms with Crippen LogP contribution in [-0.2, 0) is 11.3 Å². The van der Waals surface area contributed by atoms with E-state index in [-0.39, 0.29) is 12.5 Å². The van der Waals surface area contributed by atoms with Crippen LogP contribution < -0.4 is 4.74 Å². The highest BCUT2D eigenvalue weighted by Crippen LogP contribution is 2.15. The summed E-state index contributed by atoms with van der Waals surface area (Å²) in [6, 6.07) is 17.4. The molecule has 0 aliphatic heterocycles. The predicted octanol–water partition coefficient (Wildman–Crippen LogP) is 2.91. The van der Waals surface area contributed by atoms with Crippen molar-refractivity contribution in [2.75, 3.05) is 13.7 Å². The summed E-state index contributed by atoms with van der Waals surface area (Å²) in [6.07, 6.45) is 5.33. The van der Waals surface area contributed by atoms with Crippen LogP contribution >= 0.6 is 0 Å². The molecule has 0 aliphatic rings. The van der Waals surface area contributed by atoms with Gasteiger partial charge in [0.25, 0.3) is 5.91 Å². The number of benzene rings is 2. The molecule has 2 aromatic carbocycles. The van der Waals surface area contributed by atoms with Crippen molar-refractivity contribution in [1.82, 2.24) is 14.5 Å². The van der Waals surface area contributed by atoms with Crippen molar-refractivity contribution in [3.8, 4) is 11.4 Å². The molecule has 122 valence electrons. The minimum atomic E-state index is -0.0578. The van der Waals surface area contributed by atoms with E-state index in [4.69, 9.17) is 4.74 Å². The molecule has 5 nitrogen and oxygen atoms in total. The number of amides is 1. The lowest BCUT2D eigenvalue weighted by Crippen LogP contribution is -2.30. The van der Waals surface area contributed by atoms with Gasteiger partial charge in [0.1, 0.15) is 5.75 Å². The van der Waals surface area contributed by atoms with Gasteiger partial charge in [-0.25, -0.2) is 4.98 Å². The average Bonchev–Trinajstić information content (AvgIpc) is 3.15. The van der Waals surface area contributed by atoms with Crippen LogP contribution in [0.5, 0.6) is 5.75 Å². The second-order valence-corrected chi connectivity index (χ2v) is 5.49. The fourth-order valence-corrected chi connectivity index (χ4v) is 2.33.